The largest absolute Gasteiger partial charge is 0.480 e. The molecule has 3 N–H and O–H groups in total. The zero-order valence-corrected chi connectivity index (χ0v) is 12.2. The number of hydrogen-bond acceptors (Lipinski definition) is 4. The van der Waals surface area contributed by atoms with Crippen molar-refractivity contribution < 1.29 is 24.2 Å². The van der Waals surface area contributed by atoms with Gasteiger partial charge in [-0.1, -0.05) is 0 Å². The van der Waals surface area contributed by atoms with E-state index in [0.717, 1.165) is 6.42 Å². The van der Waals surface area contributed by atoms with E-state index in [1.165, 1.54) is 19.2 Å². The molecular weight excluding hydrogens is 288 g/mol. The lowest BCUT2D eigenvalue weighted by Gasteiger charge is -2.38. The molecule has 0 atom stereocenters. The number of ether oxygens (including phenoxy) is 1. The molecule has 0 saturated heterocycles. The number of nitrogens with one attached hydrogen (secondary N) is 2. The van der Waals surface area contributed by atoms with Crippen LogP contribution in [0, 0.1) is 0 Å². The summed E-state index contributed by atoms with van der Waals surface area (Å²) in [6, 6.07) is 6.23. The summed E-state index contributed by atoms with van der Waals surface area (Å²) in [7, 11) is 1.52. The third-order valence-corrected chi connectivity index (χ3v) is 3.77. The Morgan fingerprint density at radius 3 is 2.32 bits per heavy atom. The van der Waals surface area contributed by atoms with Crippen LogP contribution in [0.5, 0.6) is 0 Å². The van der Waals surface area contributed by atoms with Gasteiger partial charge >= 0.3 is 5.97 Å². The van der Waals surface area contributed by atoms with Gasteiger partial charge < -0.3 is 20.5 Å². The van der Waals surface area contributed by atoms with Crippen molar-refractivity contribution in [2.24, 2.45) is 0 Å². The van der Waals surface area contributed by atoms with Crippen LogP contribution in [0.15, 0.2) is 24.3 Å². The van der Waals surface area contributed by atoms with E-state index in [1.54, 1.807) is 12.1 Å². The number of methoxy groups -OCH3 is 1. The lowest BCUT2D eigenvalue weighted by Crippen LogP contribution is -2.50. The van der Waals surface area contributed by atoms with E-state index < -0.39 is 24.0 Å². The van der Waals surface area contributed by atoms with E-state index >= 15 is 0 Å². The molecule has 1 saturated carbocycles. The van der Waals surface area contributed by atoms with Crippen LogP contribution >= 0.6 is 0 Å². The van der Waals surface area contributed by atoms with Crippen LogP contribution in [0.1, 0.15) is 29.6 Å². The first kappa shape index (κ1) is 16.0. The van der Waals surface area contributed by atoms with Crippen LogP contribution in [0.3, 0.4) is 0 Å². The number of anilines is 1. The normalized spacial score (nSPS) is 15.5. The molecule has 1 aromatic carbocycles. The van der Waals surface area contributed by atoms with Gasteiger partial charge in [-0.25, -0.2) is 0 Å². The van der Waals surface area contributed by atoms with Crippen molar-refractivity contribution in [3.8, 4) is 0 Å². The Hall–Kier alpha value is -2.41. The molecule has 0 radical (unpaired) electrons. The molecule has 0 spiro atoms. The Labute approximate surface area is 127 Å². The van der Waals surface area contributed by atoms with Gasteiger partial charge in [0.1, 0.15) is 12.1 Å². The van der Waals surface area contributed by atoms with Gasteiger partial charge in [-0.2, -0.15) is 0 Å². The number of carboxylic acid groups (broad SMARTS) is 1. The molecule has 0 aliphatic heterocycles. The number of aliphatic carboxylic acids is 1. The van der Waals surface area contributed by atoms with E-state index in [-0.39, 0.29) is 5.91 Å². The second kappa shape index (κ2) is 6.57. The van der Waals surface area contributed by atoms with Crippen molar-refractivity contribution in [2.45, 2.75) is 24.9 Å². The van der Waals surface area contributed by atoms with Gasteiger partial charge in [0.2, 0.25) is 0 Å². The fraction of sp³-hybridized carbons (Fsp3) is 0.400. The Bertz CT molecular complexity index is 573. The maximum Gasteiger partial charge on any atom is 0.322 e. The Balaban J connectivity index is 1.95. The van der Waals surface area contributed by atoms with Crippen LogP contribution in [0.2, 0.25) is 0 Å². The minimum Gasteiger partial charge on any atom is -0.480 e. The number of amides is 2. The number of benzene rings is 1. The maximum absolute atomic E-state index is 12.2. The SMILES string of the molecule is COC1(C(=O)Nc2ccc(C(=O)NCC(=O)O)cc2)CCC1. The number of carbonyl (C=O) groups is 3. The first-order valence-electron chi connectivity index (χ1n) is 6.93. The third-order valence-electron chi connectivity index (χ3n) is 3.77. The van der Waals surface area contributed by atoms with Crippen LogP contribution in [0.4, 0.5) is 5.69 Å². The van der Waals surface area contributed by atoms with E-state index in [0.29, 0.717) is 24.1 Å². The minimum absolute atomic E-state index is 0.190. The van der Waals surface area contributed by atoms with Crippen LogP contribution < -0.4 is 10.6 Å². The Morgan fingerprint density at radius 1 is 1.23 bits per heavy atom. The summed E-state index contributed by atoms with van der Waals surface area (Å²) in [5, 5.41) is 13.5. The van der Waals surface area contributed by atoms with E-state index in [9.17, 15) is 14.4 Å². The molecule has 0 bridgehead atoms. The van der Waals surface area contributed by atoms with Crippen LogP contribution in [-0.4, -0.2) is 42.1 Å². The van der Waals surface area contributed by atoms with Crippen molar-refractivity contribution >= 4 is 23.5 Å². The first-order valence-corrected chi connectivity index (χ1v) is 6.93. The standard InChI is InChI=1S/C15H18N2O5/c1-22-15(7-2-8-15)14(21)17-11-5-3-10(4-6-11)13(20)16-9-12(18)19/h3-6H,2,7-9H2,1H3,(H,16,20)(H,17,21)(H,18,19). The lowest BCUT2D eigenvalue weighted by atomic mass is 9.79. The number of carbonyl (C=O) groups excluding carboxylic acids is 2. The third kappa shape index (κ3) is 3.43. The smallest absolute Gasteiger partial charge is 0.322 e. The summed E-state index contributed by atoms with van der Waals surface area (Å²) in [6.07, 6.45) is 2.36. The van der Waals surface area contributed by atoms with Gasteiger partial charge in [0, 0.05) is 18.4 Å². The zero-order valence-electron chi connectivity index (χ0n) is 12.2. The second-order valence-electron chi connectivity index (χ2n) is 5.16. The first-order chi connectivity index (χ1) is 10.5. The number of rotatable bonds is 6. The monoisotopic (exact) mass is 306 g/mol. The molecule has 1 aliphatic rings. The van der Waals surface area contributed by atoms with Gasteiger partial charge in [0.15, 0.2) is 0 Å². The van der Waals surface area contributed by atoms with Crippen molar-refractivity contribution in [1.82, 2.24) is 5.32 Å². The molecule has 22 heavy (non-hydrogen) atoms. The van der Waals surface area contributed by atoms with E-state index in [2.05, 4.69) is 10.6 Å². The predicted molar refractivity (Wildman–Crippen MR) is 78.6 cm³/mol. The maximum atomic E-state index is 12.2. The molecule has 7 nitrogen and oxygen atoms in total. The summed E-state index contributed by atoms with van der Waals surface area (Å²) in [4.78, 5) is 34.2. The summed E-state index contributed by atoms with van der Waals surface area (Å²) in [6.45, 7) is -0.437. The number of hydrogen-bond donors (Lipinski definition) is 3. The highest BCUT2D eigenvalue weighted by Crippen LogP contribution is 2.36. The summed E-state index contributed by atoms with van der Waals surface area (Å²) in [5.74, 6) is -1.78. The fourth-order valence-electron chi connectivity index (χ4n) is 2.23. The fourth-order valence-corrected chi connectivity index (χ4v) is 2.23. The molecule has 118 valence electrons. The molecule has 1 aromatic rings. The van der Waals surface area contributed by atoms with Crippen molar-refractivity contribution in [3.63, 3.8) is 0 Å². The average Bonchev–Trinajstić information content (AvgIpc) is 2.45. The van der Waals surface area contributed by atoms with Crippen molar-refractivity contribution in [3.05, 3.63) is 29.8 Å². The van der Waals surface area contributed by atoms with Gasteiger partial charge in [-0.15, -0.1) is 0 Å². The second-order valence-corrected chi connectivity index (χ2v) is 5.16. The molecule has 2 rings (SSSR count). The van der Waals surface area contributed by atoms with Gasteiger partial charge in [-0.3, -0.25) is 14.4 Å². The molecule has 1 aliphatic carbocycles. The highest BCUT2D eigenvalue weighted by molar-refractivity contribution is 5.99. The molecule has 2 amide bonds. The highest BCUT2D eigenvalue weighted by Gasteiger charge is 2.44. The predicted octanol–water partition coefficient (Wildman–Crippen LogP) is 1.01. The van der Waals surface area contributed by atoms with E-state index in [4.69, 9.17) is 9.84 Å². The summed E-state index contributed by atoms with van der Waals surface area (Å²) >= 11 is 0. The Morgan fingerprint density at radius 2 is 1.86 bits per heavy atom. The van der Waals surface area contributed by atoms with Gasteiger partial charge in [-0.05, 0) is 43.5 Å². The van der Waals surface area contributed by atoms with Crippen molar-refractivity contribution in [2.75, 3.05) is 19.0 Å². The topological polar surface area (TPSA) is 105 Å². The molecule has 7 heteroatoms. The van der Waals surface area contributed by atoms with Crippen LogP contribution in [-0.2, 0) is 14.3 Å². The van der Waals surface area contributed by atoms with Crippen LogP contribution in [0.25, 0.3) is 0 Å². The van der Waals surface area contributed by atoms with Gasteiger partial charge in [0.25, 0.3) is 11.8 Å². The van der Waals surface area contributed by atoms with Gasteiger partial charge in [0.05, 0.1) is 0 Å². The minimum atomic E-state index is -1.11. The Kier molecular flexibility index (Phi) is 4.77. The summed E-state index contributed by atoms with van der Waals surface area (Å²) in [5.41, 5.74) is 0.143. The average molecular weight is 306 g/mol. The molecular formula is C15H18N2O5. The molecule has 1 fully saturated rings. The van der Waals surface area contributed by atoms with E-state index in [1.807, 2.05) is 0 Å². The van der Waals surface area contributed by atoms with Crippen molar-refractivity contribution in [1.29, 1.82) is 0 Å². The summed E-state index contributed by atoms with van der Waals surface area (Å²) < 4.78 is 5.29. The zero-order chi connectivity index (χ0) is 16.2. The lowest BCUT2D eigenvalue weighted by molar-refractivity contribution is -0.148. The highest BCUT2D eigenvalue weighted by atomic mass is 16.5. The molecule has 0 aromatic heterocycles. The molecule has 0 unspecified atom stereocenters. The molecule has 0 heterocycles. The number of carboxylic acids is 1. The quantitative estimate of drug-likeness (QED) is 0.727.